The Labute approximate surface area is 169 Å². The molecule has 4 rings (SSSR count). The number of benzene rings is 1. The van der Waals surface area contributed by atoms with Gasteiger partial charge in [0, 0.05) is 19.6 Å². The van der Waals surface area contributed by atoms with Gasteiger partial charge < -0.3 is 14.8 Å². The lowest BCUT2D eigenvalue weighted by Gasteiger charge is -2.26. The lowest BCUT2D eigenvalue weighted by molar-refractivity contribution is 0.0196. The highest BCUT2D eigenvalue weighted by atomic mass is 32.1. The summed E-state index contributed by atoms with van der Waals surface area (Å²) in [5.74, 6) is -0.764. The maximum Gasteiger partial charge on any atom is 0.341 e. The molecule has 3 heterocycles. The van der Waals surface area contributed by atoms with Crippen molar-refractivity contribution in [2.45, 2.75) is 0 Å². The second kappa shape index (κ2) is 8.78. The Balaban J connectivity index is 1.36. The van der Waals surface area contributed by atoms with E-state index in [1.807, 2.05) is 24.3 Å². The van der Waals surface area contributed by atoms with Gasteiger partial charge in [0.2, 0.25) is 0 Å². The first-order valence-electron chi connectivity index (χ1n) is 8.92. The van der Waals surface area contributed by atoms with Crippen LogP contribution in [0.25, 0.3) is 10.2 Å². The second-order valence-electron chi connectivity index (χ2n) is 6.19. The zero-order chi connectivity index (χ0) is 19.3. The summed E-state index contributed by atoms with van der Waals surface area (Å²) in [4.78, 5) is 31.5. The van der Waals surface area contributed by atoms with E-state index in [1.165, 1.54) is 22.7 Å². The Morgan fingerprint density at radius 1 is 1.21 bits per heavy atom. The Morgan fingerprint density at radius 2 is 2.04 bits per heavy atom. The van der Waals surface area contributed by atoms with Gasteiger partial charge in [0.05, 0.1) is 29.0 Å². The molecule has 0 saturated carbocycles. The van der Waals surface area contributed by atoms with E-state index in [4.69, 9.17) is 9.47 Å². The highest BCUT2D eigenvalue weighted by Gasteiger charge is 2.19. The first-order valence-corrected chi connectivity index (χ1v) is 10.6. The number of nitrogens with one attached hydrogen (secondary N) is 1. The van der Waals surface area contributed by atoms with E-state index in [0.717, 1.165) is 23.3 Å². The second-order valence-corrected chi connectivity index (χ2v) is 8.14. The van der Waals surface area contributed by atoms with Crippen LogP contribution in [0.2, 0.25) is 0 Å². The van der Waals surface area contributed by atoms with Crippen molar-refractivity contribution in [3.05, 3.63) is 46.3 Å². The van der Waals surface area contributed by atoms with Gasteiger partial charge >= 0.3 is 5.97 Å². The smallest absolute Gasteiger partial charge is 0.341 e. The molecule has 146 valence electrons. The Kier molecular flexibility index (Phi) is 5.96. The van der Waals surface area contributed by atoms with Crippen molar-refractivity contribution in [2.75, 3.05) is 44.8 Å². The van der Waals surface area contributed by atoms with Crippen LogP contribution < -0.4 is 5.32 Å². The van der Waals surface area contributed by atoms with Crippen molar-refractivity contribution in [1.82, 2.24) is 9.88 Å². The number of ether oxygens (including phenoxy) is 2. The molecule has 1 N–H and O–H groups in total. The van der Waals surface area contributed by atoms with Crippen molar-refractivity contribution < 1.29 is 19.1 Å². The Morgan fingerprint density at radius 3 is 2.86 bits per heavy atom. The first-order chi connectivity index (χ1) is 13.7. The molecule has 0 spiro atoms. The van der Waals surface area contributed by atoms with E-state index in [1.54, 1.807) is 11.4 Å². The van der Waals surface area contributed by atoms with Gasteiger partial charge in [0.25, 0.3) is 5.91 Å². The van der Waals surface area contributed by atoms with Gasteiger partial charge in [0.15, 0.2) is 5.01 Å². The third-order valence-corrected chi connectivity index (χ3v) is 6.21. The summed E-state index contributed by atoms with van der Waals surface area (Å²) in [5.41, 5.74) is 1.15. The normalized spacial score (nSPS) is 14.9. The minimum atomic E-state index is -0.436. The Bertz CT molecular complexity index is 945. The quantitative estimate of drug-likeness (QED) is 0.621. The minimum absolute atomic E-state index is 0.305. The van der Waals surface area contributed by atoms with Crippen molar-refractivity contribution in [1.29, 1.82) is 0 Å². The van der Waals surface area contributed by atoms with Crippen LogP contribution in [0.5, 0.6) is 0 Å². The number of carbonyl (C=O) groups is 2. The van der Waals surface area contributed by atoms with E-state index in [-0.39, 0.29) is 5.91 Å². The molecule has 28 heavy (non-hydrogen) atoms. The number of aromatic nitrogens is 1. The molecule has 1 fully saturated rings. The van der Waals surface area contributed by atoms with Crippen LogP contribution in [-0.2, 0) is 9.47 Å². The van der Waals surface area contributed by atoms with Gasteiger partial charge in [-0.3, -0.25) is 9.69 Å². The monoisotopic (exact) mass is 417 g/mol. The topological polar surface area (TPSA) is 80.8 Å². The standard InChI is InChI=1S/C19H19N3O4S2/c23-16(18-20-14-3-1-2-4-15(14)28-18)21-17-13(5-12-27-17)19(24)26-11-8-22-6-9-25-10-7-22/h1-5,12H,6-11H2,(H,21,23). The summed E-state index contributed by atoms with van der Waals surface area (Å²) < 4.78 is 11.6. The summed E-state index contributed by atoms with van der Waals surface area (Å²) in [6.07, 6.45) is 0. The molecule has 1 saturated heterocycles. The fourth-order valence-corrected chi connectivity index (χ4v) is 4.49. The number of morpholine rings is 1. The summed E-state index contributed by atoms with van der Waals surface area (Å²) in [6.45, 7) is 4.09. The molecule has 1 aromatic carbocycles. The largest absolute Gasteiger partial charge is 0.461 e. The number of hydrogen-bond acceptors (Lipinski definition) is 8. The summed E-state index contributed by atoms with van der Waals surface area (Å²) >= 11 is 2.61. The molecule has 0 unspecified atom stereocenters. The van der Waals surface area contributed by atoms with Gasteiger partial charge in [-0.05, 0) is 23.6 Å². The van der Waals surface area contributed by atoms with Crippen LogP contribution in [0.3, 0.4) is 0 Å². The predicted octanol–water partition coefficient (Wildman–Crippen LogP) is 3.10. The van der Waals surface area contributed by atoms with Crippen LogP contribution in [-0.4, -0.2) is 61.2 Å². The third kappa shape index (κ3) is 4.39. The molecule has 0 atom stereocenters. The molecule has 2 aromatic heterocycles. The number of hydrogen-bond donors (Lipinski definition) is 1. The maximum atomic E-state index is 12.5. The number of carbonyl (C=O) groups excluding carboxylic acids is 2. The minimum Gasteiger partial charge on any atom is -0.461 e. The SMILES string of the molecule is O=C(Nc1sccc1C(=O)OCCN1CCOCC1)c1nc2ccccc2s1. The average Bonchev–Trinajstić information content (AvgIpc) is 3.35. The number of nitrogens with zero attached hydrogens (tertiary/aromatic N) is 2. The van der Waals surface area contributed by atoms with Crippen LogP contribution >= 0.6 is 22.7 Å². The fourth-order valence-electron chi connectivity index (χ4n) is 2.86. The van der Waals surface area contributed by atoms with Gasteiger partial charge in [-0.15, -0.1) is 22.7 Å². The summed E-state index contributed by atoms with van der Waals surface area (Å²) in [5, 5.41) is 5.38. The predicted molar refractivity (Wildman–Crippen MR) is 109 cm³/mol. The number of fused-ring (bicyclic) bond motifs is 1. The summed E-state index contributed by atoms with van der Waals surface area (Å²) in [7, 11) is 0. The average molecular weight is 418 g/mol. The van der Waals surface area contributed by atoms with Gasteiger partial charge in [-0.25, -0.2) is 9.78 Å². The van der Waals surface area contributed by atoms with Crippen LogP contribution in [0, 0.1) is 0 Å². The number of esters is 1. The molecule has 7 nitrogen and oxygen atoms in total. The first kappa shape index (κ1) is 19.0. The molecular formula is C19H19N3O4S2. The van der Waals surface area contributed by atoms with Crippen molar-refractivity contribution in [3.8, 4) is 0 Å². The Hall–Kier alpha value is -2.33. The molecule has 1 aliphatic heterocycles. The molecule has 0 bridgehead atoms. The third-order valence-electron chi connectivity index (χ3n) is 4.34. The molecule has 9 heteroatoms. The molecule has 1 aliphatic rings. The zero-order valence-electron chi connectivity index (χ0n) is 15.1. The van der Waals surface area contributed by atoms with Crippen molar-refractivity contribution >= 4 is 49.8 Å². The highest BCUT2D eigenvalue weighted by molar-refractivity contribution is 7.20. The number of para-hydroxylation sites is 1. The molecular weight excluding hydrogens is 398 g/mol. The van der Waals surface area contributed by atoms with Crippen molar-refractivity contribution in [2.24, 2.45) is 0 Å². The molecule has 0 aliphatic carbocycles. The van der Waals surface area contributed by atoms with Gasteiger partial charge in [-0.1, -0.05) is 12.1 Å². The maximum absolute atomic E-state index is 12.5. The van der Waals surface area contributed by atoms with E-state index < -0.39 is 5.97 Å². The van der Waals surface area contributed by atoms with Crippen LogP contribution in [0.15, 0.2) is 35.7 Å². The lowest BCUT2D eigenvalue weighted by Crippen LogP contribution is -2.38. The van der Waals surface area contributed by atoms with Crippen LogP contribution in [0.4, 0.5) is 5.00 Å². The van der Waals surface area contributed by atoms with Gasteiger partial charge in [-0.2, -0.15) is 0 Å². The van der Waals surface area contributed by atoms with Crippen LogP contribution in [0.1, 0.15) is 20.2 Å². The van der Waals surface area contributed by atoms with Crippen molar-refractivity contribution in [3.63, 3.8) is 0 Å². The molecule has 1 amide bonds. The van der Waals surface area contributed by atoms with E-state index in [0.29, 0.717) is 41.9 Å². The van der Waals surface area contributed by atoms with E-state index >= 15 is 0 Å². The number of amides is 1. The van der Waals surface area contributed by atoms with E-state index in [9.17, 15) is 9.59 Å². The number of thiazole rings is 1. The fraction of sp³-hybridized carbons (Fsp3) is 0.316. The zero-order valence-corrected chi connectivity index (χ0v) is 16.7. The summed E-state index contributed by atoms with van der Waals surface area (Å²) in [6, 6.07) is 9.24. The number of anilines is 1. The highest BCUT2D eigenvalue weighted by Crippen LogP contribution is 2.27. The van der Waals surface area contributed by atoms with E-state index in [2.05, 4.69) is 15.2 Å². The number of rotatable bonds is 6. The molecule has 3 aromatic rings. The van der Waals surface area contributed by atoms with Gasteiger partial charge in [0.1, 0.15) is 11.6 Å². The lowest BCUT2D eigenvalue weighted by atomic mass is 10.3. The molecule has 0 radical (unpaired) electrons. The number of thiophene rings is 1.